The molecule has 2 N–H and O–H groups in total. The molecule has 0 aromatic heterocycles. The lowest BCUT2D eigenvalue weighted by atomic mass is 9.93. The standard InChI is InChI=1S/C15H29N3OS/c1-18(2)15(7-10-20-12-15)11-17-14(19)4-3-13-5-8-16-9-6-13/h13,16H,3-12H2,1-2H3,(H,17,19). The van der Waals surface area contributed by atoms with Gasteiger partial charge < -0.3 is 15.5 Å². The van der Waals surface area contributed by atoms with E-state index in [1.54, 1.807) is 0 Å². The first-order valence-corrected chi connectivity index (χ1v) is 9.00. The van der Waals surface area contributed by atoms with Gasteiger partial charge in [-0.2, -0.15) is 11.8 Å². The number of nitrogens with one attached hydrogen (secondary N) is 2. The fraction of sp³-hybridized carbons (Fsp3) is 0.933. The number of likely N-dealkylation sites (N-methyl/N-ethyl adjacent to an activating group) is 1. The van der Waals surface area contributed by atoms with Gasteiger partial charge in [0.05, 0.1) is 0 Å². The minimum Gasteiger partial charge on any atom is -0.354 e. The van der Waals surface area contributed by atoms with Crippen LogP contribution in [0.2, 0.25) is 0 Å². The molecule has 2 aliphatic heterocycles. The van der Waals surface area contributed by atoms with E-state index in [-0.39, 0.29) is 11.4 Å². The van der Waals surface area contributed by atoms with E-state index in [4.69, 9.17) is 0 Å². The van der Waals surface area contributed by atoms with Crippen molar-refractivity contribution >= 4 is 17.7 Å². The number of rotatable bonds is 6. The van der Waals surface area contributed by atoms with Gasteiger partial charge in [0.1, 0.15) is 0 Å². The molecular weight excluding hydrogens is 270 g/mol. The highest BCUT2D eigenvalue weighted by Crippen LogP contribution is 2.31. The number of thioether (sulfide) groups is 1. The molecule has 0 spiro atoms. The lowest BCUT2D eigenvalue weighted by Gasteiger charge is -2.35. The SMILES string of the molecule is CN(C)C1(CNC(=O)CCC2CCNCC2)CCSC1. The largest absolute Gasteiger partial charge is 0.354 e. The monoisotopic (exact) mass is 299 g/mol. The molecule has 0 aliphatic carbocycles. The van der Waals surface area contributed by atoms with E-state index in [9.17, 15) is 4.79 Å². The molecule has 0 bridgehead atoms. The summed E-state index contributed by atoms with van der Waals surface area (Å²) in [4.78, 5) is 14.3. The summed E-state index contributed by atoms with van der Waals surface area (Å²) in [6, 6.07) is 0. The normalized spacial score (nSPS) is 27.9. The van der Waals surface area contributed by atoms with Crippen LogP contribution in [0, 0.1) is 5.92 Å². The molecular formula is C15H29N3OS. The fourth-order valence-corrected chi connectivity index (χ4v) is 4.66. The predicted octanol–water partition coefficient (Wildman–Crippen LogP) is 1.32. The molecule has 0 aromatic carbocycles. The first-order valence-electron chi connectivity index (χ1n) is 7.85. The molecule has 2 aliphatic rings. The second-order valence-corrected chi connectivity index (χ2v) is 7.54. The van der Waals surface area contributed by atoms with E-state index in [1.165, 1.54) is 25.0 Å². The summed E-state index contributed by atoms with van der Waals surface area (Å²) in [6.07, 6.45) is 5.38. The van der Waals surface area contributed by atoms with Crippen LogP contribution in [-0.2, 0) is 4.79 Å². The van der Waals surface area contributed by atoms with Crippen LogP contribution in [0.25, 0.3) is 0 Å². The van der Waals surface area contributed by atoms with Gasteiger partial charge in [-0.25, -0.2) is 0 Å². The number of carbonyl (C=O) groups excluding carboxylic acids is 1. The summed E-state index contributed by atoms with van der Waals surface area (Å²) in [6.45, 7) is 3.04. The van der Waals surface area contributed by atoms with Crippen molar-refractivity contribution in [2.24, 2.45) is 5.92 Å². The lowest BCUT2D eigenvalue weighted by Crippen LogP contribution is -2.53. The van der Waals surface area contributed by atoms with Gasteiger partial charge in [0, 0.05) is 24.3 Å². The van der Waals surface area contributed by atoms with Gasteiger partial charge in [-0.15, -0.1) is 0 Å². The van der Waals surface area contributed by atoms with Crippen molar-refractivity contribution in [1.29, 1.82) is 0 Å². The number of nitrogens with zero attached hydrogens (tertiary/aromatic N) is 1. The number of hydrogen-bond donors (Lipinski definition) is 2. The highest BCUT2D eigenvalue weighted by Gasteiger charge is 2.36. The van der Waals surface area contributed by atoms with Gasteiger partial charge in [-0.05, 0) is 64.5 Å². The molecule has 116 valence electrons. The van der Waals surface area contributed by atoms with Gasteiger partial charge >= 0.3 is 0 Å². The van der Waals surface area contributed by atoms with Crippen LogP contribution in [0.3, 0.4) is 0 Å². The molecule has 0 saturated carbocycles. The molecule has 2 rings (SSSR count). The van der Waals surface area contributed by atoms with Crippen molar-refractivity contribution in [3.63, 3.8) is 0 Å². The van der Waals surface area contributed by atoms with Crippen LogP contribution >= 0.6 is 11.8 Å². The van der Waals surface area contributed by atoms with Crippen molar-refractivity contribution in [1.82, 2.24) is 15.5 Å². The molecule has 2 saturated heterocycles. The van der Waals surface area contributed by atoms with Crippen LogP contribution < -0.4 is 10.6 Å². The van der Waals surface area contributed by atoms with E-state index >= 15 is 0 Å². The van der Waals surface area contributed by atoms with Crippen LogP contribution in [0.5, 0.6) is 0 Å². The summed E-state index contributed by atoms with van der Waals surface area (Å²) < 4.78 is 0. The minimum absolute atomic E-state index is 0.176. The maximum atomic E-state index is 12.1. The third kappa shape index (κ3) is 4.37. The number of piperidine rings is 1. The Balaban J connectivity index is 1.68. The van der Waals surface area contributed by atoms with Gasteiger partial charge in [0.25, 0.3) is 0 Å². The van der Waals surface area contributed by atoms with E-state index in [1.807, 2.05) is 11.8 Å². The zero-order valence-corrected chi connectivity index (χ0v) is 13.7. The average molecular weight is 299 g/mol. The molecule has 5 heteroatoms. The van der Waals surface area contributed by atoms with Crippen LogP contribution in [-0.4, -0.2) is 61.6 Å². The molecule has 2 fully saturated rings. The maximum Gasteiger partial charge on any atom is 0.220 e. The number of carbonyl (C=O) groups is 1. The first-order chi connectivity index (χ1) is 9.62. The third-order valence-electron chi connectivity index (χ3n) is 4.88. The second-order valence-electron chi connectivity index (χ2n) is 6.43. The van der Waals surface area contributed by atoms with Crippen LogP contribution in [0.4, 0.5) is 0 Å². The maximum absolute atomic E-state index is 12.1. The Kier molecular flexibility index (Phi) is 6.18. The van der Waals surface area contributed by atoms with Crippen molar-refractivity contribution in [3.8, 4) is 0 Å². The van der Waals surface area contributed by atoms with Gasteiger partial charge in [-0.1, -0.05) is 0 Å². The Morgan fingerprint density at radius 2 is 2.15 bits per heavy atom. The molecule has 0 radical (unpaired) electrons. The van der Waals surface area contributed by atoms with Crippen LogP contribution in [0.1, 0.15) is 32.1 Å². The topological polar surface area (TPSA) is 44.4 Å². The van der Waals surface area contributed by atoms with E-state index in [0.29, 0.717) is 6.42 Å². The summed E-state index contributed by atoms with van der Waals surface area (Å²) in [5, 5.41) is 6.55. The van der Waals surface area contributed by atoms with E-state index in [2.05, 4.69) is 29.6 Å². The second kappa shape index (κ2) is 7.66. The van der Waals surface area contributed by atoms with Gasteiger partial charge in [-0.3, -0.25) is 4.79 Å². The predicted molar refractivity (Wildman–Crippen MR) is 86.2 cm³/mol. The van der Waals surface area contributed by atoms with Gasteiger partial charge in [0.2, 0.25) is 5.91 Å². The zero-order chi connectivity index (χ0) is 14.4. The highest BCUT2D eigenvalue weighted by atomic mass is 32.2. The number of hydrogen-bond acceptors (Lipinski definition) is 4. The third-order valence-corrected chi connectivity index (χ3v) is 6.12. The summed E-state index contributed by atoms with van der Waals surface area (Å²) in [5.41, 5.74) is 0.176. The lowest BCUT2D eigenvalue weighted by molar-refractivity contribution is -0.121. The van der Waals surface area contributed by atoms with Crippen LogP contribution in [0.15, 0.2) is 0 Å². The Morgan fingerprint density at radius 3 is 2.75 bits per heavy atom. The van der Waals surface area contributed by atoms with Crippen molar-refractivity contribution < 1.29 is 4.79 Å². The average Bonchev–Trinajstić information content (AvgIpc) is 2.94. The molecule has 2 heterocycles. The van der Waals surface area contributed by atoms with Crippen molar-refractivity contribution in [2.45, 2.75) is 37.6 Å². The Morgan fingerprint density at radius 1 is 1.40 bits per heavy atom. The van der Waals surface area contributed by atoms with Crippen molar-refractivity contribution in [2.75, 3.05) is 45.2 Å². The Labute approximate surface area is 127 Å². The van der Waals surface area contributed by atoms with Gasteiger partial charge in [0.15, 0.2) is 0 Å². The molecule has 0 aromatic rings. The quantitative estimate of drug-likeness (QED) is 0.776. The number of amides is 1. The smallest absolute Gasteiger partial charge is 0.220 e. The summed E-state index contributed by atoms with van der Waals surface area (Å²) in [5.74, 6) is 3.33. The molecule has 1 unspecified atom stereocenters. The first kappa shape index (κ1) is 16.1. The minimum atomic E-state index is 0.176. The fourth-order valence-electron chi connectivity index (χ4n) is 3.10. The van der Waals surface area contributed by atoms with E-state index in [0.717, 1.165) is 37.7 Å². The molecule has 1 amide bonds. The van der Waals surface area contributed by atoms with Crippen molar-refractivity contribution in [3.05, 3.63) is 0 Å². The molecule has 4 nitrogen and oxygen atoms in total. The van der Waals surface area contributed by atoms with E-state index < -0.39 is 0 Å². The molecule has 20 heavy (non-hydrogen) atoms. The summed E-state index contributed by atoms with van der Waals surface area (Å²) >= 11 is 2.00. The zero-order valence-electron chi connectivity index (χ0n) is 12.9. The Bertz CT molecular complexity index is 310. The Hall–Kier alpha value is -0.260. The highest BCUT2D eigenvalue weighted by molar-refractivity contribution is 7.99. The molecule has 1 atom stereocenters. The summed E-state index contributed by atoms with van der Waals surface area (Å²) in [7, 11) is 4.26.